The maximum atomic E-state index is 12.4. The number of urea groups is 1. The highest BCUT2D eigenvalue weighted by atomic mass is 79.9. The predicted molar refractivity (Wildman–Crippen MR) is 99.0 cm³/mol. The first kappa shape index (κ1) is 18.0. The Morgan fingerprint density at radius 2 is 1.83 bits per heavy atom. The van der Waals surface area contributed by atoms with Crippen LogP contribution in [0.2, 0.25) is 0 Å². The molecule has 0 fully saturated rings. The van der Waals surface area contributed by atoms with Crippen molar-refractivity contribution in [3.05, 3.63) is 64.1 Å². The van der Waals surface area contributed by atoms with Crippen molar-refractivity contribution in [2.24, 2.45) is 0 Å². The molecule has 0 aliphatic heterocycles. The van der Waals surface area contributed by atoms with Crippen LogP contribution in [-0.4, -0.2) is 18.0 Å². The molecule has 0 spiro atoms. The second kappa shape index (κ2) is 8.49. The summed E-state index contributed by atoms with van der Waals surface area (Å²) >= 11 is 3.41. The van der Waals surface area contributed by atoms with Gasteiger partial charge in [0, 0.05) is 17.1 Å². The van der Waals surface area contributed by atoms with Crippen molar-refractivity contribution in [3.63, 3.8) is 0 Å². The van der Waals surface area contributed by atoms with Gasteiger partial charge in [-0.1, -0.05) is 40.2 Å². The Balaban J connectivity index is 2.05. The Hall–Kier alpha value is -2.34. The van der Waals surface area contributed by atoms with Gasteiger partial charge in [-0.05, 0) is 43.7 Å². The van der Waals surface area contributed by atoms with E-state index in [4.69, 9.17) is 0 Å². The second-order valence-corrected chi connectivity index (χ2v) is 6.53. The predicted octanol–water partition coefficient (Wildman–Crippen LogP) is 3.91. The molecule has 5 nitrogen and oxygen atoms in total. The zero-order valence-electron chi connectivity index (χ0n) is 13.6. The largest absolute Gasteiger partial charge is 0.348 e. The van der Waals surface area contributed by atoms with Crippen molar-refractivity contribution in [2.75, 3.05) is 5.32 Å². The smallest absolute Gasteiger partial charge is 0.319 e. The minimum atomic E-state index is -0.336. The SMILES string of the molecule is CC(C)NC(=O)Nc1ccccc1C(=O)NCc1cccc(Br)c1. The minimum Gasteiger partial charge on any atom is -0.348 e. The van der Waals surface area contributed by atoms with Crippen LogP contribution in [-0.2, 0) is 6.54 Å². The van der Waals surface area contributed by atoms with E-state index in [9.17, 15) is 9.59 Å². The van der Waals surface area contributed by atoms with E-state index in [-0.39, 0.29) is 18.0 Å². The van der Waals surface area contributed by atoms with Gasteiger partial charge in [0.25, 0.3) is 5.91 Å². The van der Waals surface area contributed by atoms with Crippen LogP contribution < -0.4 is 16.0 Å². The lowest BCUT2D eigenvalue weighted by Gasteiger charge is -2.13. The molecule has 0 aliphatic rings. The number of carbonyl (C=O) groups excluding carboxylic acids is 2. The van der Waals surface area contributed by atoms with Crippen LogP contribution in [0.3, 0.4) is 0 Å². The van der Waals surface area contributed by atoms with Gasteiger partial charge in [-0.3, -0.25) is 4.79 Å². The first-order chi connectivity index (χ1) is 11.5. The van der Waals surface area contributed by atoms with E-state index in [1.807, 2.05) is 38.1 Å². The summed E-state index contributed by atoms with van der Waals surface area (Å²) in [6, 6.07) is 14.3. The number of para-hydroxylation sites is 1. The molecule has 0 bridgehead atoms. The van der Waals surface area contributed by atoms with Gasteiger partial charge < -0.3 is 16.0 Å². The number of hydrogen-bond acceptors (Lipinski definition) is 2. The molecule has 0 aromatic heterocycles. The van der Waals surface area contributed by atoms with E-state index in [1.54, 1.807) is 24.3 Å². The lowest BCUT2D eigenvalue weighted by molar-refractivity contribution is 0.0952. The third-order valence-corrected chi connectivity index (χ3v) is 3.68. The molecule has 2 rings (SSSR count). The minimum absolute atomic E-state index is 0.0162. The quantitative estimate of drug-likeness (QED) is 0.725. The molecule has 0 saturated heterocycles. The third-order valence-electron chi connectivity index (χ3n) is 3.18. The number of rotatable bonds is 5. The van der Waals surface area contributed by atoms with Crippen molar-refractivity contribution >= 4 is 33.6 Å². The fraction of sp³-hybridized carbons (Fsp3) is 0.222. The van der Waals surface area contributed by atoms with E-state index in [1.165, 1.54) is 0 Å². The fourth-order valence-electron chi connectivity index (χ4n) is 2.14. The Morgan fingerprint density at radius 1 is 1.08 bits per heavy atom. The molecule has 126 valence electrons. The van der Waals surface area contributed by atoms with E-state index in [2.05, 4.69) is 31.9 Å². The van der Waals surface area contributed by atoms with Crippen molar-refractivity contribution in [2.45, 2.75) is 26.4 Å². The number of nitrogens with one attached hydrogen (secondary N) is 3. The van der Waals surface area contributed by atoms with Gasteiger partial charge in [0.15, 0.2) is 0 Å². The summed E-state index contributed by atoms with van der Waals surface area (Å²) in [5.74, 6) is -0.240. The molecular formula is C18H20BrN3O2. The van der Waals surface area contributed by atoms with Crippen molar-refractivity contribution in [1.29, 1.82) is 0 Å². The lowest BCUT2D eigenvalue weighted by atomic mass is 10.1. The van der Waals surface area contributed by atoms with Gasteiger partial charge in [0.1, 0.15) is 0 Å². The van der Waals surface area contributed by atoms with Gasteiger partial charge in [-0.2, -0.15) is 0 Å². The summed E-state index contributed by atoms with van der Waals surface area (Å²) in [4.78, 5) is 24.3. The lowest BCUT2D eigenvalue weighted by Crippen LogP contribution is -2.35. The first-order valence-electron chi connectivity index (χ1n) is 7.65. The zero-order valence-corrected chi connectivity index (χ0v) is 15.2. The van der Waals surface area contributed by atoms with E-state index in [0.717, 1.165) is 10.0 Å². The number of amides is 3. The Kier molecular flexibility index (Phi) is 6.37. The van der Waals surface area contributed by atoms with Crippen molar-refractivity contribution in [3.8, 4) is 0 Å². The number of benzene rings is 2. The number of carbonyl (C=O) groups is 2. The standard InChI is InChI=1S/C18H20BrN3O2/c1-12(2)21-18(24)22-16-9-4-3-8-15(16)17(23)20-11-13-6-5-7-14(19)10-13/h3-10,12H,11H2,1-2H3,(H,20,23)(H2,21,22,24). The summed E-state index contributed by atoms with van der Waals surface area (Å²) in [6.45, 7) is 4.15. The molecule has 0 unspecified atom stereocenters. The zero-order chi connectivity index (χ0) is 17.5. The van der Waals surface area contributed by atoms with Gasteiger partial charge in [-0.15, -0.1) is 0 Å². The molecule has 3 amide bonds. The van der Waals surface area contributed by atoms with E-state index >= 15 is 0 Å². The highest BCUT2D eigenvalue weighted by Gasteiger charge is 2.13. The first-order valence-corrected chi connectivity index (χ1v) is 8.44. The van der Waals surface area contributed by atoms with Crippen molar-refractivity contribution < 1.29 is 9.59 Å². The molecule has 0 saturated carbocycles. The topological polar surface area (TPSA) is 70.2 Å². The number of hydrogen-bond donors (Lipinski definition) is 3. The number of halogens is 1. The summed E-state index contributed by atoms with van der Waals surface area (Å²) in [5.41, 5.74) is 1.88. The molecule has 2 aromatic carbocycles. The van der Waals surface area contributed by atoms with Gasteiger partial charge in [0.2, 0.25) is 0 Å². The average Bonchev–Trinajstić information content (AvgIpc) is 2.52. The maximum Gasteiger partial charge on any atom is 0.319 e. The molecule has 0 heterocycles. The summed E-state index contributed by atoms with van der Waals surface area (Å²) in [5, 5.41) is 8.31. The van der Waals surface area contributed by atoms with Crippen LogP contribution >= 0.6 is 15.9 Å². The molecule has 3 N–H and O–H groups in total. The van der Waals surface area contributed by atoms with E-state index in [0.29, 0.717) is 17.8 Å². The van der Waals surface area contributed by atoms with Crippen LogP contribution in [0.4, 0.5) is 10.5 Å². The Bertz CT molecular complexity index is 732. The van der Waals surface area contributed by atoms with Crippen LogP contribution in [0, 0.1) is 0 Å². The highest BCUT2D eigenvalue weighted by Crippen LogP contribution is 2.16. The third kappa shape index (κ3) is 5.38. The van der Waals surface area contributed by atoms with Crippen molar-refractivity contribution in [1.82, 2.24) is 10.6 Å². The number of anilines is 1. The molecule has 2 aromatic rings. The van der Waals surface area contributed by atoms with Crippen LogP contribution in [0.15, 0.2) is 53.0 Å². The molecule has 6 heteroatoms. The molecule has 24 heavy (non-hydrogen) atoms. The Morgan fingerprint density at radius 3 is 2.54 bits per heavy atom. The monoisotopic (exact) mass is 389 g/mol. The molecule has 0 radical (unpaired) electrons. The molecule has 0 atom stereocenters. The summed E-state index contributed by atoms with van der Waals surface area (Å²) in [7, 11) is 0. The van der Waals surface area contributed by atoms with Gasteiger partial charge in [0.05, 0.1) is 11.3 Å². The highest BCUT2D eigenvalue weighted by molar-refractivity contribution is 9.10. The van der Waals surface area contributed by atoms with E-state index < -0.39 is 0 Å². The Labute approximate surface area is 150 Å². The normalized spacial score (nSPS) is 10.3. The van der Waals surface area contributed by atoms with Crippen LogP contribution in [0.5, 0.6) is 0 Å². The fourth-order valence-corrected chi connectivity index (χ4v) is 2.58. The second-order valence-electron chi connectivity index (χ2n) is 5.61. The van der Waals surface area contributed by atoms with Gasteiger partial charge in [-0.25, -0.2) is 4.79 Å². The summed E-state index contributed by atoms with van der Waals surface area (Å²) < 4.78 is 0.960. The molecular weight excluding hydrogens is 370 g/mol. The molecule has 0 aliphatic carbocycles. The summed E-state index contributed by atoms with van der Waals surface area (Å²) in [6.07, 6.45) is 0. The maximum absolute atomic E-state index is 12.4. The van der Waals surface area contributed by atoms with Crippen LogP contribution in [0.25, 0.3) is 0 Å². The van der Waals surface area contributed by atoms with Crippen LogP contribution in [0.1, 0.15) is 29.8 Å². The van der Waals surface area contributed by atoms with Gasteiger partial charge >= 0.3 is 6.03 Å². The average molecular weight is 390 g/mol.